The third-order valence-electron chi connectivity index (χ3n) is 3.00. The van der Waals surface area contributed by atoms with Crippen LogP contribution in [0.1, 0.15) is 45.1 Å². The molecule has 1 aromatic rings. The van der Waals surface area contributed by atoms with Gasteiger partial charge in [-0.2, -0.15) is 5.26 Å². The Balaban J connectivity index is 2.90. The van der Waals surface area contributed by atoms with Crippen LogP contribution >= 0.6 is 7.82 Å². The van der Waals surface area contributed by atoms with Crippen molar-refractivity contribution in [1.29, 1.82) is 5.26 Å². The second kappa shape index (κ2) is 10.3. The number of unbranched alkanes of at least 4 members (excludes halogenated alkanes) is 2. The largest absolute Gasteiger partial charge is 0.530 e. The van der Waals surface area contributed by atoms with Crippen LogP contribution in [0.3, 0.4) is 0 Å². The number of phosphoric ester groups is 1. The van der Waals surface area contributed by atoms with E-state index in [1.807, 2.05) is 19.9 Å². The zero-order valence-corrected chi connectivity index (χ0v) is 14.8. The van der Waals surface area contributed by atoms with E-state index in [-0.39, 0.29) is 5.75 Å². The predicted molar refractivity (Wildman–Crippen MR) is 87.7 cm³/mol. The van der Waals surface area contributed by atoms with Crippen LogP contribution in [0.15, 0.2) is 18.2 Å². The van der Waals surface area contributed by atoms with Gasteiger partial charge < -0.3 is 9.26 Å². The van der Waals surface area contributed by atoms with Gasteiger partial charge >= 0.3 is 7.82 Å². The maximum atomic E-state index is 12.8. The summed E-state index contributed by atoms with van der Waals surface area (Å²) < 4.78 is 34.2. The van der Waals surface area contributed by atoms with E-state index >= 15 is 0 Å². The number of hydrogen-bond acceptors (Lipinski definition) is 6. The Morgan fingerprint density at radius 1 is 1.09 bits per heavy atom. The molecule has 7 heteroatoms. The van der Waals surface area contributed by atoms with Gasteiger partial charge in [-0.15, -0.1) is 0 Å². The number of ether oxygens (including phenoxy) is 1. The lowest BCUT2D eigenvalue weighted by molar-refractivity contribution is 0.151. The molecule has 0 atom stereocenters. The SMILES string of the molecule is CCCCOP(=O)(OCCCC)Oc1ccc(C#N)cc1OC. The molecule has 0 spiro atoms. The van der Waals surface area contributed by atoms with Crippen LogP contribution in [-0.4, -0.2) is 20.3 Å². The van der Waals surface area contributed by atoms with Gasteiger partial charge in [-0.25, -0.2) is 4.57 Å². The maximum absolute atomic E-state index is 12.8. The average molecular weight is 341 g/mol. The molecule has 0 bridgehead atoms. The van der Waals surface area contributed by atoms with E-state index in [4.69, 9.17) is 23.6 Å². The number of methoxy groups -OCH3 is 1. The van der Waals surface area contributed by atoms with Crippen molar-refractivity contribution in [3.63, 3.8) is 0 Å². The number of phosphoric acid groups is 1. The number of hydrogen-bond donors (Lipinski definition) is 0. The van der Waals surface area contributed by atoms with E-state index in [0.29, 0.717) is 24.5 Å². The molecule has 0 saturated carbocycles. The van der Waals surface area contributed by atoms with Crippen LogP contribution in [0, 0.1) is 11.3 Å². The highest BCUT2D eigenvalue weighted by atomic mass is 31.2. The summed E-state index contributed by atoms with van der Waals surface area (Å²) in [4.78, 5) is 0. The second-order valence-corrected chi connectivity index (χ2v) is 6.48. The van der Waals surface area contributed by atoms with Crippen LogP contribution in [0.5, 0.6) is 11.5 Å². The normalized spacial score (nSPS) is 11.0. The summed E-state index contributed by atoms with van der Waals surface area (Å²) >= 11 is 0. The van der Waals surface area contributed by atoms with Gasteiger partial charge in [-0.3, -0.25) is 9.05 Å². The topological polar surface area (TPSA) is 77.8 Å². The molecule has 0 aliphatic rings. The molecular formula is C16H24NO5P. The third-order valence-corrected chi connectivity index (χ3v) is 4.42. The molecule has 0 amide bonds. The van der Waals surface area contributed by atoms with Crippen molar-refractivity contribution in [1.82, 2.24) is 0 Å². The molecular weight excluding hydrogens is 317 g/mol. The lowest BCUT2D eigenvalue weighted by Crippen LogP contribution is -2.05. The van der Waals surface area contributed by atoms with Crippen molar-refractivity contribution in [3.8, 4) is 17.6 Å². The van der Waals surface area contributed by atoms with Gasteiger partial charge in [0.05, 0.1) is 32.0 Å². The van der Waals surface area contributed by atoms with Crippen molar-refractivity contribution in [2.45, 2.75) is 39.5 Å². The van der Waals surface area contributed by atoms with Crippen molar-refractivity contribution in [2.24, 2.45) is 0 Å². The minimum absolute atomic E-state index is 0.225. The molecule has 0 radical (unpaired) electrons. The van der Waals surface area contributed by atoms with Gasteiger partial charge in [0, 0.05) is 6.07 Å². The molecule has 1 aromatic carbocycles. The first kappa shape index (κ1) is 19.5. The molecule has 23 heavy (non-hydrogen) atoms. The zero-order valence-electron chi connectivity index (χ0n) is 13.9. The third kappa shape index (κ3) is 6.62. The van der Waals surface area contributed by atoms with Crippen LogP contribution in [0.2, 0.25) is 0 Å². The van der Waals surface area contributed by atoms with E-state index in [1.165, 1.54) is 19.2 Å². The molecule has 0 N–H and O–H groups in total. The molecule has 0 aliphatic heterocycles. The Morgan fingerprint density at radius 2 is 1.70 bits per heavy atom. The lowest BCUT2D eigenvalue weighted by atomic mass is 10.2. The second-order valence-electron chi connectivity index (χ2n) is 4.89. The minimum atomic E-state index is -3.73. The summed E-state index contributed by atoms with van der Waals surface area (Å²) in [6, 6.07) is 6.60. The predicted octanol–water partition coefficient (Wildman–Crippen LogP) is 4.69. The molecule has 128 valence electrons. The summed E-state index contributed by atoms with van der Waals surface area (Å²) in [5.41, 5.74) is 0.419. The monoisotopic (exact) mass is 341 g/mol. The Morgan fingerprint density at radius 3 is 2.17 bits per heavy atom. The van der Waals surface area contributed by atoms with Gasteiger partial charge in [0.15, 0.2) is 11.5 Å². The summed E-state index contributed by atoms with van der Waals surface area (Å²) in [5.74, 6) is 0.533. The van der Waals surface area contributed by atoms with E-state index in [1.54, 1.807) is 6.07 Å². The molecule has 0 unspecified atom stereocenters. The molecule has 0 saturated heterocycles. The fraction of sp³-hybridized carbons (Fsp3) is 0.562. The molecule has 0 heterocycles. The number of nitriles is 1. The van der Waals surface area contributed by atoms with E-state index in [2.05, 4.69) is 0 Å². The van der Waals surface area contributed by atoms with Crippen LogP contribution in [0.25, 0.3) is 0 Å². The smallest absolute Gasteiger partial charge is 0.493 e. The van der Waals surface area contributed by atoms with Gasteiger partial charge in [0.2, 0.25) is 0 Å². The fourth-order valence-electron chi connectivity index (χ4n) is 1.66. The van der Waals surface area contributed by atoms with Gasteiger partial charge in [0.25, 0.3) is 0 Å². The first-order valence-corrected chi connectivity index (χ1v) is 9.21. The Hall–Kier alpha value is -1.54. The van der Waals surface area contributed by atoms with Gasteiger partial charge in [-0.1, -0.05) is 26.7 Å². The summed E-state index contributed by atoms with van der Waals surface area (Å²) in [6.07, 6.45) is 3.34. The Bertz CT molecular complexity index is 556. The molecule has 1 rings (SSSR count). The highest BCUT2D eigenvalue weighted by molar-refractivity contribution is 7.48. The molecule has 0 aliphatic carbocycles. The van der Waals surface area contributed by atoms with E-state index in [9.17, 15) is 4.57 Å². The minimum Gasteiger partial charge on any atom is -0.493 e. The Labute approximate surface area is 137 Å². The van der Waals surface area contributed by atoms with Crippen LogP contribution < -0.4 is 9.26 Å². The van der Waals surface area contributed by atoms with Gasteiger partial charge in [0.1, 0.15) is 0 Å². The standard InChI is InChI=1S/C16H24NO5P/c1-4-6-10-20-23(18,21-11-7-5-2)22-15-9-8-14(13-17)12-16(15)19-3/h8-9,12H,4-7,10-11H2,1-3H3. The van der Waals surface area contributed by atoms with Crippen LogP contribution in [-0.2, 0) is 13.6 Å². The molecule has 0 fully saturated rings. The maximum Gasteiger partial charge on any atom is 0.530 e. The zero-order chi connectivity index (χ0) is 17.1. The van der Waals surface area contributed by atoms with Gasteiger partial charge in [-0.05, 0) is 25.0 Å². The fourth-order valence-corrected chi connectivity index (χ4v) is 2.94. The van der Waals surface area contributed by atoms with Crippen LogP contribution in [0.4, 0.5) is 0 Å². The number of nitrogens with zero attached hydrogens (tertiary/aromatic N) is 1. The first-order valence-electron chi connectivity index (χ1n) is 7.75. The highest BCUT2D eigenvalue weighted by Gasteiger charge is 2.29. The summed E-state index contributed by atoms with van der Waals surface area (Å²) in [5, 5.41) is 8.92. The van der Waals surface area contributed by atoms with Crippen molar-refractivity contribution in [2.75, 3.05) is 20.3 Å². The van der Waals surface area contributed by atoms with Crippen molar-refractivity contribution < 1.29 is 22.9 Å². The number of rotatable bonds is 11. The summed E-state index contributed by atoms with van der Waals surface area (Å²) in [7, 11) is -2.28. The number of benzene rings is 1. The van der Waals surface area contributed by atoms with E-state index in [0.717, 1.165) is 25.7 Å². The van der Waals surface area contributed by atoms with Crippen molar-refractivity contribution >= 4 is 7.82 Å². The quantitative estimate of drug-likeness (QED) is 0.429. The first-order chi connectivity index (χ1) is 11.1. The molecule has 6 nitrogen and oxygen atoms in total. The average Bonchev–Trinajstić information content (AvgIpc) is 2.55. The summed E-state index contributed by atoms with van der Waals surface area (Å²) in [6.45, 7) is 4.60. The van der Waals surface area contributed by atoms with E-state index < -0.39 is 7.82 Å². The Kier molecular flexibility index (Phi) is 8.71. The lowest BCUT2D eigenvalue weighted by Gasteiger charge is -2.19. The van der Waals surface area contributed by atoms with Crippen molar-refractivity contribution in [3.05, 3.63) is 23.8 Å². The molecule has 0 aromatic heterocycles. The highest BCUT2D eigenvalue weighted by Crippen LogP contribution is 2.51.